The molecule has 0 spiro atoms. The van der Waals surface area contributed by atoms with Crippen LogP contribution in [0.15, 0.2) is 55.1 Å². The number of anilines is 1. The molecule has 4 rings (SSSR count). The maximum atomic E-state index is 12.6. The lowest BCUT2D eigenvalue weighted by Gasteiger charge is -2.09. The number of aromatic nitrogens is 5. The highest BCUT2D eigenvalue weighted by molar-refractivity contribution is 5.84. The summed E-state index contributed by atoms with van der Waals surface area (Å²) in [5.41, 5.74) is 7.40. The van der Waals surface area contributed by atoms with Gasteiger partial charge in [-0.3, -0.25) is 0 Å². The van der Waals surface area contributed by atoms with E-state index in [4.69, 9.17) is 10.5 Å². The lowest BCUT2D eigenvalue weighted by molar-refractivity contribution is -0.137. The average molecular weight is 390 g/mol. The smallest absolute Gasteiger partial charge is 0.416 e. The predicted octanol–water partition coefficient (Wildman–Crippen LogP) is 3.86. The van der Waals surface area contributed by atoms with E-state index in [1.807, 2.05) is 0 Å². The molecular formula is C18H17F3N6O. The Hall–Kier alpha value is -3.69. The fraction of sp³-hybridized carbons (Fsp3) is 0.111. The van der Waals surface area contributed by atoms with Crippen LogP contribution >= 0.6 is 0 Å². The minimum Gasteiger partial charge on any atom is -0.473 e. The van der Waals surface area contributed by atoms with Gasteiger partial charge in [0.25, 0.3) is 0 Å². The first-order valence-electron chi connectivity index (χ1n) is 8.12. The topological polar surface area (TPSA) is 91.2 Å². The Labute approximate surface area is 159 Å². The van der Waals surface area contributed by atoms with Crippen LogP contribution in [0, 0.1) is 0 Å². The Morgan fingerprint density at radius 1 is 1.11 bits per heavy atom. The molecule has 0 saturated heterocycles. The van der Waals surface area contributed by atoms with Crippen molar-refractivity contribution in [2.24, 2.45) is 0 Å². The van der Waals surface area contributed by atoms with Crippen molar-refractivity contribution < 1.29 is 20.8 Å². The van der Waals surface area contributed by atoms with Gasteiger partial charge in [-0.15, -0.1) is 5.10 Å². The summed E-state index contributed by atoms with van der Waals surface area (Å²) in [6.07, 6.45) is 0.265. The first-order valence-corrected chi connectivity index (χ1v) is 8.12. The highest BCUT2D eigenvalue weighted by Gasteiger charge is 2.29. The zero-order valence-corrected chi connectivity index (χ0v) is 14.3. The lowest BCUT2D eigenvalue weighted by Crippen LogP contribution is -2.05. The Balaban J connectivity index is 0.00000160. The Bertz CT molecular complexity index is 1130. The van der Waals surface area contributed by atoms with Gasteiger partial charge in [-0.1, -0.05) is 12.1 Å². The van der Waals surface area contributed by atoms with Crippen LogP contribution in [0.5, 0.6) is 5.88 Å². The number of alkyl halides is 3. The van der Waals surface area contributed by atoms with Crippen LogP contribution in [0.2, 0.25) is 0 Å². The van der Waals surface area contributed by atoms with Gasteiger partial charge in [0.1, 0.15) is 12.9 Å². The van der Waals surface area contributed by atoms with Gasteiger partial charge < -0.3 is 10.5 Å². The molecule has 3 heterocycles. The van der Waals surface area contributed by atoms with Crippen LogP contribution in [0.1, 0.15) is 14.0 Å². The molecule has 0 atom stereocenters. The number of hydrogen-bond acceptors (Lipinski definition) is 6. The number of nitrogens with zero attached hydrogens (tertiary/aromatic N) is 5. The molecule has 1 aromatic carbocycles. The number of fused-ring (bicyclic) bond motifs is 1. The molecule has 10 heteroatoms. The van der Waals surface area contributed by atoms with Gasteiger partial charge in [0.2, 0.25) is 5.88 Å². The summed E-state index contributed by atoms with van der Waals surface area (Å²) in [6.45, 7) is 0.0527. The second kappa shape index (κ2) is 6.80. The van der Waals surface area contributed by atoms with E-state index < -0.39 is 11.7 Å². The molecule has 0 radical (unpaired) electrons. The molecule has 146 valence electrons. The Morgan fingerprint density at radius 2 is 1.89 bits per heavy atom. The van der Waals surface area contributed by atoms with E-state index in [1.165, 1.54) is 23.0 Å². The van der Waals surface area contributed by atoms with Crippen LogP contribution in [-0.4, -0.2) is 24.6 Å². The molecule has 0 aliphatic carbocycles. The molecule has 0 unspecified atom stereocenters. The molecule has 7 nitrogen and oxygen atoms in total. The largest absolute Gasteiger partial charge is 0.473 e. The van der Waals surface area contributed by atoms with Gasteiger partial charge in [-0.2, -0.15) is 13.2 Å². The van der Waals surface area contributed by atoms with Crippen LogP contribution < -0.4 is 10.5 Å². The molecule has 28 heavy (non-hydrogen) atoms. The molecule has 0 aliphatic rings. The summed E-state index contributed by atoms with van der Waals surface area (Å²) in [7, 11) is 0. The second-order valence-electron chi connectivity index (χ2n) is 5.87. The van der Waals surface area contributed by atoms with Crippen molar-refractivity contribution in [2.75, 3.05) is 5.73 Å². The Morgan fingerprint density at radius 3 is 2.64 bits per heavy atom. The van der Waals surface area contributed by atoms with E-state index in [2.05, 4.69) is 20.1 Å². The monoisotopic (exact) mass is 390 g/mol. The summed E-state index contributed by atoms with van der Waals surface area (Å²) < 4.78 is 45.0. The average Bonchev–Trinajstić information content (AvgIpc) is 3.02. The minimum absolute atomic E-state index is 0. The van der Waals surface area contributed by atoms with Crippen LogP contribution in [-0.2, 0) is 12.8 Å². The van der Waals surface area contributed by atoms with Gasteiger partial charge >= 0.3 is 6.18 Å². The molecule has 0 aliphatic heterocycles. The van der Waals surface area contributed by atoms with Gasteiger partial charge in [0.15, 0.2) is 11.5 Å². The molecule has 0 bridgehead atoms. The van der Waals surface area contributed by atoms with Gasteiger partial charge in [0, 0.05) is 21.3 Å². The van der Waals surface area contributed by atoms with Crippen molar-refractivity contribution in [2.45, 2.75) is 12.8 Å². The quantitative estimate of drug-likeness (QED) is 0.569. The summed E-state index contributed by atoms with van der Waals surface area (Å²) in [5.74, 6) is 0.505. The number of ether oxygens (including phenoxy) is 1. The van der Waals surface area contributed by atoms with Crippen LogP contribution in [0.4, 0.5) is 19.0 Å². The van der Waals surface area contributed by atoms with Crippen molar-refractivity contribution in [3.05, 3.63) is 66.2 Å². The second-order valence-corrected chi connectivity index (χ2v) is 5.87. The normalized spacial score (nSPS) is 11.7. The fourth-order valence-corrected chi connectivity index (χ4v) is 2.65. The van der Waals surface area contributed by atoms with E-state index >= 15 is 0 Å². The molecule has 0 fully saturated rings. The molecule has 2 N–H and O–H groups in total. The zero-order chi connectivity index (χ0) is 19.7. The summed E-state index contributed by atoms with van der Waals surface area (Å²) >= 11 is 0. The fourth-order valence-electron chi connectivity index (χ4n) is 2.65. The number of hydrogen-bond donors (Lipinski definition) is 1. The van der Waals surface area contributed by atoms with Crippen molar-refractivity contribution in [1.29, 1.82) is 0 Å². The minimum atomic E-state index is -4.37. The molecule has 4 aromatic rings. The van der Waals surface area contributed by atoms with Crippen molar-refractivity contribution in [3.63, 3.8) is 0 Å². The number of halogens is 3. The number of rotatable bonds is 4. The molecule has 0 amide bonds. The van der Waals surface area contributed by atoms with Crippen molar-refractivity contribution in [3.8, 4) is 17.1 Å². The van der Waals surface area contributed by atoms with Crippen LogP contribution in [0.25, 0.3) is 16.9 Å². The zero-order valence-electron chi connectivity index (χ0n) is 14.3. The van der Waals surface area contributed by atoms with Gasteiger partial charge in [0.05, 0.1) is 16.8 Å². The van der Waals surface area contributed by atoms with Crippen molar-refractivity contribution >= 4 is 11.5 Å². The molecular weight excluding hydrogens is 373 g/mol. The van der Waals surface area contributed by atoms with E-state index in [0.29, 0.717) is 22.5 Å². The third kappa shape index (κ3) is 3.43. The number of benzene rings is 1. The maximum absolute atomic E-state index is 12.6. The predicted molar refractivity (Wildman–Crippen MR) is 98.4 cm³/mol. The number of nitrogens with two attached hydrogens (primary N) is 1. The highest BCUT2D eigenvalue weighted by atomic mass is 19.4. The third-order valence-electron chi connectivity index (χ3n) is 3.99. The Kier molecular flexibility index (Phi) is 4.30. The van der Waals surface area contributed by atoms with Crippen molar-refractivity contribution in [1.82, 2.24) is 24.6 Å². The number of nitrogen functional groups attached to an aromatic ring is 1. The van der Waals surface area contributed by atoms with E-state index in [0.717, 1.165) is 12.1 Å². The van der Waals surface area contributed by atoms with Gasteiger partial charge in [-0.05, 0) is 23.8 Å². The van der Waals surface area contributed by atoms with E-state index in [-0.39, 0.29) is 21.2 Å². The summed E-state index contributed by atoms with van der Waals surface area (Å²) in [5, 5.41) is 4.18. The maximum Gasteiger partial charge on any atom is 0.416 e. The van der Waals surface area contributed by atoms with E-state index in [9.17, 15) is 13.2 Å². The highest BCUT2D eigenvalue weighted by Crippen LogP contribution is 2.30. The molecule has 0 saturated carbocycles. The third-order valence-corrected chi connectivity index (χ3v) is 3.99. The SMILES string of the molecule is Nc1nn2cccnc2c1-c1cc(OCc2ccc(C(F)(F)F)cc2)ncn1.[HH].[HH]. The van der Waals surface area contributed by atoms with E-state index in [1.54, 1.807) is 24.5 Å². The van der Waals surface area contributed by atoms with Gasteiger partial charge in [-0.25, -0.2) is 19.5 Å². The first kappa shape index (κ1) is 17.7. The standard InChI is InChI=1S/C18H13F3N6O.2H2/c19-18(20,21)12-4-2-11(3-5-12)9-28-14-8-13(24-10-25-14)15-16(22)26-27-7-1-6-23-17(15)27;;/h1-8,10H,9H2,(H2,22,26);2*1H. The van der Waals surface area contributed by atoms with Crippen LogP contribution in [0.3, 0.4) is 0 Å². The summed E-state index contributed by atoms with van der Waals surface area (Å²) in [6, 6.07) is 8.04. The molecule has 3 aromatic heterocycles. The summed E-state index contributed by atoms with van der Waals surface area (Å²) in [4.78, 5) is 12.5. The lowest BCUT2D eigenvalue weighted by atomic mass is 10.1. The first-order chi connectivity index (χ1) is 13.4.